The highest BCUT2D eigenvalue weighted by molar-refractivity contribution is 7.89. The summed E-state index contributed by atoms with van der Waals surface area (Å²) in [6.45, 7) is 0.124. The molecule has 7 heteroatoms. The van der Waals surface area contributed by atoms with Gasteiger partial charge in [0.1, 0.15) is 4.90 Å². The zero-order valence-electron chi connectivity index (χ0n) is 10.9. The number of nitrogens with two attached hydrogens (primary N) is 1. The van der Waals surface area contributed by atoms with Gasteiger partial charge >= 0.3 is 0 Å². The standard InChI is InChI=1S/C14H12ClN3O2S/c15-12-4-1-10(2-5-12)9-18-21(19,20)14-6-3-11(8-16)7-13(14)17/h1-7,18H,9,17H2. The molecule has 2 rings (SSSR count). The Morgan fingerprint density at radius 3 is 2.43 bits per heavy atom. The van der Waals surface area contributed by atoms with Crippen molar-refractivity contribution < 1.29 is 8.42 Å². The molecule has 0 saturated carbocycles. The molecule has 0 unspecified atom stereocenters. The molecule has 0 radical (unpaired) electrons. The third-order valence-corrected chi connectivity index (χ3v) is 4.54. The number of sulfonamides is 1. The van der Waals surface area contributed by atoms with Gasteiger partial charge in [-0.3, -0.25) is 0 Å². The van der Waals surface area contributed by atoms with Crippen LogP contribution in [0.3, 0.4) is 0 Å². The largest absolute Gasteiger partial charge is 0.398 e. The summed E-state index contributed by atoms with van der Waals surface area (Å²) in [4.78, 5) is -0.0459. The van der Waals surface area contributed by atoms with E-state index in [0.29, 0.717) is 10.6 Å². The molecule has 0 aliphatic carbocycles. The van der Waals surface area contributed by atoms with Crippen molar-refractivity contribution in [3.05, 3.63) is 58.6 Å². The molecule has 2 aromatic rings. The Bertz CT molecular complexity index is 796. The Labute approximate surface area is 128 Å². The lowest BCUT2D eigenvalue weighted by atomic mass is 10.2. The van der Waals surface area contributed by atoms with Gasteiger partial charge in [0.25, 0.3) is 0 Å². The predicted molar refractivity (Wildman–Crippen MR) is 81.0 cm³/mol. The SMILES string of the molecule is N#Cc1ccc(S(=O)(=O)NCc2ccc(Cl)cc2)c(N)c1. The van der Waals surface area contributed by atoms with Crippen LogP contribution in [0.25, 0.3) is 0 Å². The summed E-state index contributed by atoms with van der Waals surface area (Å²) in [6, 6.07) is 12.8. The van der Waals surface area contributed by atoms with E-state index in [1.54, 1.807) is 24.3 Å². The molecule has 0 fully saturated rings. The van der Waals surface area contributed by atoms with Gasteiger partial charge in [0.2, 0.25) is 10.0 Å². The van der Waals surface area contributed by atoms with Crippen molar-refractivity contribution in [2.24, 2.45) is 0 Å². The average molecular weight is 322 g/mol. The van der Waals surface area contributed by atoms with Crippen LogP contribution in [0.4, 0.5) is 5.69 Å². The van der Waals surface area contributed by atoms with Crippen molar-refractivity contribution in [3.8, 4) is 6.07 Å². The summed E-state index contributed by atoms with van der Waals surface area (Å²) < 4.78 is 26.8. The summed E-state index contributed by atoms with van der Waals surface area (Å²) >= 11 is 5.77. The Hall–Kier alpha value is -2.07. The van der Waals surface area contributed by atoms with Gasteiger partial charge in [0.15, 0.2) is 0 Å². The molecule has 0 aromatic heterocycles. The second kappa shape index (κ2) is 6.14. The van der Waals surface area contributed by atoms with Crippen LogP contribution in [-0.2, 0) is 16.6 Å². The van der Waals surface area contributed by atoms with E-state index in [1.165, 1.54) is 18.2 Å². The number of benzene rings is 2. The van der Waals surface area contributed by atoms with E-state index in [0.717, 1.165) is 5.56 Å². The number of nitrogens with one attached hydrogen (secondary N) is 1. The lowest BCUT2D eigenvalue weighted by molar-refractivity contribution is 0.582. The van der Waals surface area contributed by atoms with E-state index in [2.05, 4.69) is 4.72 Å². The van der Waals surface area contributed by atoms with Gasteiger partial charge in [-0.1, -0.05) is 23.7 Å². The molecule has 0 amide bonds. The first-order chi connectivity index (χ1) is 9.92. The van der Waals surface area contributed by atoms with Crippen molar-refractivity contribution in [1.82, 2.24) is 4.72 Å². The lowest BCUT2D eigenvalue weighted by Crippen LogP contribution is -2.24. The van der Waals surface area contributed by atoms with E-state index < -0.39 is 10.0 Å². The van der Waals surface area contributed by atoms with Crippen molar-refractivity contribution in [2.45, 2.75) is 11.4 Å². The van der Waals surface area contributed by atoms with Crippen LogP contribution in [0.5, 0.6) is 0 Å². The molecular formula is C14H12ClN3O2S. The van der Waals surface area contributed by atoms with Crippen LogP contribution in [0.1, 0.15) is 11.1 Å². The van der Waals surface area contributed by atoms with E-state index in [1.807, 2.05) is 6.07 Å². The highest BCUT2D eigenvalue weighted by Gasteiger charge is 2.17. The Morgan fingerprint density at radius 2 is 1.86 bits per heavy atom. The minimum atomic E-state index is -3.74. The van der Waals surface area contributed by atoms with Crippen LogP contribution >= 0.6 is 11.6 Å². The fourth-order valence-corrected chi connectivity index (χ4v) is 2.98. The summed E-state index contributed by atoms with van der Waals surface area (Å²) in [5.74, 6) is 0. The molecule has 0 bridgehead atoms. The third kappa shape index (κ3) is 3.73. The molecule has 2 aromatic carbocycles. The topological polar surface area (TPSA) is 96.0 Å². The number of nitriles is 1. The highest BCUT2D eigenvalue weighted by Crippen LogP contribution is 2.19. The second-order valence-corrected chi connectivity index (χ2v) is 6.49. The Morgan fingerprint density at radius 1 is 1.19 bits per heavy atom. The summed E-state index contributed by atoms with van der Waals surface area (Å²) in [5.41, 5.74) is 6.81. The van der Waals surface area contributed by atoms with Gasteiger partial charge in [-0.15, -0.1) is 0 Å². The van der Waals surface area contributed by atoms with Crippen molar-refractivity contribution in [3.63, 3.8) is 0 Å². The van der Waals surface area contributed by atoms with Gasteiger partial charge < -0.3 is 5.73 Å². The number of rotatable bonds is 4. The molecule has 5 nitrogen and oxygen atoms in total. The second-order valence-electron chi connectivity index (χ2n) is 4.32. The van der Waals surface area contributed by atoms with Crippen LogP contribution in [0.15, 0.2) is 47.4 Å². The molecule has 0 atom stereocenters. The van der Waals surface area contributed by atoms with Crippen LogP contribution in [0, 0.1) is 11.3 Å². The normalized spacial score (nSPS) is 11.0. The zero-order chi connectivity index (χ0) is 15.5. The van der Waals surface area contributed by atoms with Gasteiger partial charge in [0, 0.05) is 11.6 Å². The summed E-state index contributed by atoms with van der Waals surface area (Å²) in [6.07, 6.45) is 0. The van der Waals surface area contributed by atoms with Crippen LogP contribution in [-0.4, -0.2) is 8.42 Å². The van der Waals surface area contributed by atoms with Gasteiger partial charge in [-0.2, -0.15) is 5.26 Å². The molecule has 0 aliphatic rings. The number of hydrogen-bond donors (Lipinski definition) is 2. The molecule has 3 N–H and O–H groups in total. The number of nitrogen functional groups attached to an aromatic ring is 1. The maximum absolute atomic E-state index is 12.2. The van der Waals surface area contributed by atoms with Crippen molar-refractivity contribution in [1.29, 1.82) is 5.26 Å². The lowest BCUT2D eigenvalue weighted by Gasteiger charge is -2.09. The fraction of sp³-hybridized carbons (Fsp3) is 0.0714. The molecule has 21 heavy (non-hydrogen) atoms. The van der Waals surface area contributed by atoms with Gasteiger partial charge in [0.05, 0.1) is 17.3 Å². The number of halogens is 1. The molecule has 0 heterocycles. The third-order valence-electron chi connectivity index (χ3n) is 2.81. The number of anilines is 1. The van der Waals surface area contributed by atoms with E-state index >= 15 is 0 Å². The maximum Gasteiger partial charge on any atom is 0.242 e. The number of nitrogens with zero attached hydrogens (tertiary/aromatic N) is 1. The van der Waals surface area contributed by atoms with Gasteiger partial charge in [-0.25, -0.2) is 13.1 Å². The molecule has 0 aliphatic heterocycles. The highest BCUT2D eigenvalue weighted by atomic mass is 35.5. The average Bonchev–Trinajstić information content (AvgIpc) is 2.46. The fourth-order valence-electron chi connectivity index (χ4n) is 1.72. The Balaban J connectivity index is 2.19. The van der Waals surface area contributed by atoms with E-state index in [-0.39, 0.29) is 17.1 Å². The molecule has 108 valence electrons. The van der Waals surface area contributed by atoms with E-state index in [9.17, 15) is 8.42 Å². The van der Waals surface area contributed by atoms with Crippen molar-refractivity contribution in [2.75, 3.05) is 5.73 Å². The Kier molecular flexibility index (Phi) is 4.48. The maximum atomic E-state index is 12.2. The molecule has 0 spiro atoms. The monoisotopic (exact) mass is 321 g/mol. The first-order valence-corrected chi connectivity index (χ1v) is 7.82. The molecular weight excluding hydrogens is 310 g/mol. The van der Waals surface area contributed by atoms with E-state index in [4.69, 9.17) is 22.6 Å². The first-order valence-electron chi connectivity index (χ1n) is 5.96. The minimum Gasteiger partial charge on any atom is -0.398 e. The van der Waals surface area contributed by atoms with Crippen LogP contribution < -0.4 is 10.5 Å². The smallest absolute Gasteiger partial charge is 0.242 e. The first kappa shape index (κ1) is 15.3. The quantitative estimate of drug-likeness (QED) is 0.844. The number of hydrogen-bond acceptors (Lipinski definition) is 4. The predicted octanol–water partition coefficient (Wildman–Crippen LogP) is 2.27. The van der Waals surface area contributed by atoms with Gasteiger partial charge in [-0.05, 0) is 35.9 Å². The molecule has 0 saturated heterocycles. The minimum absolute atomic E-state index is 0.0395. The summed E-state index contributed by atoms with van der Waals surface area (Å²) in [7, 11) is -3.74. The summed E-state index contributed by atoms with van der Waals surface area (Å²) in [5, 5.41) is 9.33. The zero-order valence-corrected chi connectivity index (χ0v) is 12.4. The van der Waals surface area contributed by atoms with Crippen molar-refractivity contribution >= 4 is 27.3 Å². The van der Waals surface area contributed by atoms with Crippen LogP contribution in [0.2, 0.25) is 5.02 Å².